The van der Waals surface area contributed by atoms with Gasteiger partial charge in [0.05, 0.1) is 5.69 Å². The SMILES string of the molecule is CC1(C)CCN(C(=O)NCCc2coc(-c3ccc(F)cc3)n2)CCS1=O. The van der Waals surface area contributed by atoms with Crippen LogP contribution in [-0.2, 0) is 17.2 Å². The van der Waals surface area contributed by atoms with E-state index >= 15 is 0 Å². The average Bonchev–Trinajstić information content (AvgIpc) is 3.05. The minimum absolute atomic E-state index is 0.146. The van der Waals surface area contributed by atoms with Crippen LogP contribution >= 0.6 is 0 Å². The topological polar surface area (TPSA) is 75.4 Å². The predicted octanol–water partition coefficient (Wildman–Crippen LogP) is 2.97. The van der Waals surface area contributed by atoms with Crippen molar-refractivity contribution < 1.29 is 17.8 Å². The van der Waals surface area contributed by atoms with E-state index in [4.69, 9.17) is 4.42 Å². The third-order valence-corrected chi connectivity index (χ3v) is 6.72. The number of benzene rings is 1. The van der Waals surface area contributed by atoms with Crippen LogP contribution in [0.1, 0.15) is 26.0 Å². The van der Waals surface area contributed by atoms with E-state index in [1.54, 1.807) is 23.3 Å². The Hall–Kier alpha value is -2.22. The van der Waals surface area contributed by atoms with E-state index in [0.29, 0.717) is 49.0 Å². The van der Waals surface area contributed by atoms with Gasteiger partial charge in [-0.15, -0.1) is 0 Å². The van der Waals surface area contributed by atoms with Gasteiger partial charge in [0.1, 0.15) is 12.1 Å². The molecule has 1 N–H and O–H groups in total. The summed E-state index contributed by atoms with van der Waals surface area (Å²) in [6, 6.07) is 5.78. The molecule has 1 aromatic carbocycles. The molecule has 8 heteroatoms. The van der Waals surface area contributed by atoms with Gasteiger partial charge in [-0.2, -0.15) is 0 Å². The molecule has 1 saturated heterocycles. The number of hydrogen-bond acceptors (Lipinski definition) is 4. The van der Waals surface area contributed by atoms with Crippen LogP contribution in [-0.4, -0.2) is 50.3 Å². The van der Waals surface area contributed by atoms with E-state index in [-0.39, 0.29) is 16.6 Å². The molecule has 2 amide bonds. The van der Waals surface area contributed by atoms with Crippen molar-refractivity contribution in [3.8, 4) is 11.5 Å². The maximum absolute atomic E-state index is 13.0. The molecule has 0 saturated carbocycles. The molecular weight excluding hydrogens is 369 g/mol. The van der Waals surface area contributed by atoms with Gasteiger partial charge >= 0.3 is 6.03 Å². The highest BCUT2D eigenvalue weighted by molar-refractivity contribution is 7.86. The minimum Gasteiger partial charge on any atom is -0.444 e. The highest BCUT2D eigenvalue weighted by atomic mass is 32.2. The lowest BCUT2D eigenvalue weighted by Gasteiger charge is -2.22. The van der Waals surface area contributed by atoms with E-state index in [2.05, 4.69) is 10.3 Å². The number of rotatable bonds is 4. The third-order valence-electron chi connectivity index (χ3n) is 4.73. The van der Waals surface area contributed by atoms with Crippen LogP contribution in [0.4, 0.5) is 9.18 Å². The molecule has 0 aliphatic carbocycles. The number of oxazole rings is 1. The molecule has 27 heavy (non-hydrogen) atoms. The van der Waals surface area contributed by atoms with Gasteiger partial charge in [0.15, 0.2) is 0 Å². The third kappa shape index (κ3) is 4.94. The number of aromatic nitrogens is 1. The number of carbonyl (C=O) groups excluding carboxylic acids is 1. The zero-order chi connectivity index (χ0) is 19.4. The zero-order valence-corrected chi connectivity index (χ0v) is 16.4. The highest BCUT2D eigenvalue weighted by Gasteiger charge is 2.31. The molecule has 1 aliphatic rings. The number of nitrogens with zero attached hydrogens (tertiary/aromatic N) is 2. The first-order valence-electron chi connectivity index (χ1n) is 8.97. The Balaban J connectivity index is 1.49. The quantitative estimate of drug-likeness (QED) is 0.867. The standard InChI is InChI=1S/C19H24FN3O3S/c1-19(2)8-10-23(11-12-27(19)25)18(24)21-9-7-16-13-26-17(22-16)14-3-5-15(20)6-4-14/h3-6,13H,7-12H2,1-2H3,(H,21,24). The van der Waals surface area contributed by atoms with Gasteiger partial charge in [-0.3, -0.25) is 4.21 Å². The Labute approximate surface area is 160 Å². The first kappa shape index (κ1) is 19.5. The lowest BCUT2D eigenvalue weighted by atomic mass is 10.1. The van der Waals surface area contributed by atoms with E-state index in [0.717, 1.165) is 6.42 Å². The summed E-state index contributed by atoms with van der Waals surface area (Å²) in [5.74, 6) is 0.618. The van der Waals surface area contributed by atoms with Crippen molar-refractivity contribution >= 4 is 16.8 Å². The van der Waals surface area contributed by atoms with Crippen LogP contribution in [0.5, 0.6) is 0 Å². The predicted molar refractivity (Wildman–Crippen MR) is 102 cm³/mol. The molecule has 0 spiro atoms. The van der Waals surface area contributed by atoms with Crippen molar-refractivity contribution in [2.45, 2.75) is 31.4 Å². The summed E-state index contributed by atoms with van der Waals surface area (Å²) in [7, 11) is -0.925. The van der Waals surface area contributed by atoms with E-state index in [1.807, 2.05) is 13.8 Å². The van der Waals surface area contributed by atoms with Gasteiger partial charge < -0.3 is 14.6 Å². The van der Waals surface area contributed by atoms with Crippen LogP contribution < -0.4 is 5.32 Å². The lowest BCUT2D eigenvalue weighted by molar-refractivity contribution is 0.200. The van der Waals surface area contributed by atoms with Crippen molar-refractivity contribution in [3.63, 3.8) is 0 Å². The number of halogens is 1. The Morgan fingerprint density at radius 2 is 2.07 bits per heavy atom. The molecule has 0 bridgehead atoms. The van der Waals surface area contributed by atoms with Crippen molar-refractivity contribution in [2.24, 2.45) is 0 Å². The summed E-state index contributed by atoms with van der Waals surface area (Å²) < 4.78 is 30.3. The van der Waals surface area contributed by atoms with Gasteiger partial charge in [-0.05, 0) is 44.5 Å². The zero-order valence-electron chi connectivity index (χ0n) is 15.5. The van der Waals surface area contributed by atoms with Crippen molar-refractivity contribution in [2.75, 3.05) is 25.4 Å². The second kappa shape index (κ2) is 8.21. The van der Waals surface area contributed by atoms with Crippen LogP contribution in [0.3, 0.4) is 0 Å². The number of nitrogens with one attached hydrogen (secondary N) is 1. The van der Waals surface area contributed by atoms with Crippen LogP contribution in [0.25, 0.3) is 11.5 Å². The Kier molecular flexibility index (Phi) is 5.94. The smallest absolute Gasteiger partial charge is 0.317 e. The Morgan fingerprint density at radius 3 is 2.81 bits per heavy atom. The van der Waals surface area contributed by atoms with Crippen molar-refractivity contribution in [1.29, 1.82) is 0 Å². The largest absolute Gasteiger partial charge is 0.444 e. The molecule has 1 unspecified atom stereocenters. The van der Waals surface area contributed by atoms with Gasteiger partial charge in [-0.25, -0.2) is 14.2 Å². The fourth-order valence-electron chi connectivity index (χ4n) is 2.86. The van der Waals surface area contributed by atoms with Crippen LogP contribution in [0, 0.1) is 5.82 Å². The van der Waals surface area contributed by atoms with Gasteiger partial charge in [0, 0.05) is 52.9 Å². The Bertz CT molecular complexity index is 820. The molecule has 2 heterocycles. The van der Waals surface area contributed by atoms with E-state index in [1.165, 1.54) is 12.1 Å². The highest BCUT2D eigenvalue weighted by Crippen LogP contribution is 2.22. The molecule has 1 aliphatic heterocycles. The molecule has 3 rings (SSSR count). The average molecular weight is 393 g/mol. The van der Waals surface area contributed by atoms with Crippen LogP contribution in [0.2, 0.25) is 0 Å². The number of hydrogen-bond donors (Lipinski definition) is 1. The van der Waals surface area contributed by atoms with Crippen LogP contribution in [0.15, 0.2) is 34.9 Å². The second-order valence-corrected chi connectivity index (χ2v) is 9.38. The molecule has 0 radical (unpaired) electrons. The summed E-state index contributed by atoms with van der Waals surface area (Å²) in [6.07, 6.45) is 2.79. The maximum atomic E-state index is 13.0. The Morgan fingerprint density at radius 1 is 1.33 bits per heavy atom. The summed E-state index contributed by atoms with van der Waals surface area (Å²) in [5.41, 5.74) is 1.42. The monoisotopic (exact) mass is 393 g/mol. The fraction of sp³-hybridized carbons (Fsp3) is 0.474. The normalized spacial score (nSPS) is 19.5. The molecule has 146 valence electrons. The number of urea groups is 1. The van der Waals surface area contributed by atoms with Crippen molar-refractivity contribution in [1.82, 2.24) is 15.2 Å². The molecule has 1 aromatic heterocycles. The first-order valence-corrected chi connectivity index (χ1v) is 10.3. The lowest BCUT2D eigenvalue weighted by Crippen LogP contribution is -2.42. The summed E-state index contributed by atoms with van der Waals surface area (Å²) in [4.78, 5) is 18.4. The summed E-state index contributed by atoms with van der Waals surface area (Å²) in [6.45, 7) is 5.49. The molecule has 1 atom stereocenters. The fourth-order valence-corrected chi connectivity index (χ4v) is 4.12. The summed E-state index contributed by atoms with van der Waals surface area (Å²) >= 11 is 0. The van der Waals surface area contributed by atoms with Gasteiger partial charge in [0.25, 0.3) is 0 Å². The number of amides is 2. The first-order chi connectivity index (χ1) is 12.8. The van der Waals surface area contributed by atoms with E-state index < -0.39 is 10.8 Å². The molecule has 6 nitrogen and oxygen atoms in total. The summed E-state index contributed by atoms with van der Waals surface area (Å²) in [5, 5.41) is 2.88. The van der Waals surface area contributed by atoms with Crippen molar-refractivity contribution in [3.05, 3.63) is 42.0 Å². The van der Waals surface area contributed by atoms with E-state index in [9.17, 15) is 13.4 Å². The van der Waals surface area contributed by atoms with Gasteiger partial charge in [0.2, 0.25) is 5.89 Å². The molecule has 1 fully saturated rings. The number of carbonyl (C=O) groups is 1. The minimum atomic E-state index is -0.925. The van der Waals surface area contributed by atoms with Gasteiger partial charge in [-0.1, -0.05) is 0 Å². The molecular formula is C19H24FN3O3S. The molecule has 2 aromatic rings. The second-order valence-electron chi connectivity index (χ2n) is 7.18. The maximum Gasteiger partial charge on any atom is 0.317 e.